The van der Waals surface area contributed by atoms with Crippen LogP contribution in [0.2, 0.25) is 0 Å². The van der Waals surface area contributed by atoms with E-state index in [4.69, 9.17) is 8.83 Å². The lowest BCUT2D eigenvalue weighted by atomic mass is 10.1. The highest BCUT2D eigenvalue weighted by molar-refractivity contribution is 7.98. The molecule has 0 spiro atoms. The molecular formula is C12H15NO2S. The van der Waals surface area contributed by atoms with Crippen LogP contribution in [0.15, 0.2) is 32.5 Å². The second kappa shape index (κ2) is 4.78. The molecule has 16 heavy (non-hydrogen) atoms. The van der Waals surface area contributed by atoms with Crippen molar-refractivity contribution in [1.29, 1.82) is 0 Å². The Bertz CT molecular complexity index is 459. The molecule has 2 heterocycles. The fourth-order valence-electron chi connectivity index (χ4n) is 1.53. The highest BCUT2D eigenvalue weighted by atomic mass is 32.2. The summed E-state index contributed by atoms with van der Waals surface area (Å²) < 4.78 is 10.6. The fraction of sp³-hybridized carbons (Fsp3) is 0.417. The maximum Gasteiger partial charge on any atom is 0.181 e. The van der Waals surface area contributed by atoms with E-state index >= 15 is 0 Å². The molecular weight excluding hydrogens is 222 g/mol. The van der Waals surface area contributed by atoms with Crippen LogP contribution in [0.25, 0.3) is 0 Å². The zero-order valence-electron chi connectivity index (χ0n) is 9.69. The van der Waals surface area contributed by atoms with Crippen LogP contribution in [0, 0.1) is 6.92 Å². The largest absolute Gasteiger partial charge is 0.468 e. The van der Waals surface area contributed by atoms with E-state index in [-0.39, 0.29) is 0 Å². The molecule has 2 rings (SSSR count). The Morgan fingerprint density at radius 3 is 2.81 bits per heavy atom. The standard InChI is InChI=1S/C12H15NO2S/c1-8(2)12-10(13-7-15-12)6-16-11-4-5-14-9(11)3/h4-5,7-8H,6H2,1-3H3. The number of nitrogens with zero attached hydrogens (tertiary/aromatic N) is 1. The van der Waals surface area contributed by atoms with Crippen LogP contribution in [0.4, 0.5) is 0 Å². The second-order valence-electron chi connectivity index (χ2n) is 3.95. The van der Waals surface area contributed by atoms with Gasteiger partial charge in [-0.15, -0.1) is 11.8 Å². The molecule has 2 aromatic heterocycles. The molecule has 4 heteroatoms. The molecule has 0 fully saturated rings. The molecule has 86 valence electrons. The minimum Gasteiger partial charge on any atom is -0.468 e. The van der Waals surface area contributed by atoms with E-state index < -0.39 is 0 Å². The van der Waals surface area contributed by atoms with Gasteiger partial charge in [0.2, 0.25) is 0 Å². The first kappa shape index (κ1) is 11.3. The highest BCUT2D eigenvalue weighted by Gasteiger charge is 2.13. The van der Waals surface area contributed by atoms with E-state index in [0.717, 1.165) is 27.9 Å². The summed E-state index contributed by atoms with van der Waals surface area (Å²) in [6.07, 6.45) is 3.23. The van der Waals surface area contributed by atoms with Crippen LogP contribution in [-0.4, -0.2) is 4.98 Å². The van der Waals surface area contributed by atoms with Gasteiger partial charge in [-0.05, 0) is 13.0 Å². The van der Waals surface area contributed by atoms with Gasteiger partial charge in [0.15, 0.2) is 6.39 Å². The van der Waals surface area contributed by atoms with Gasteiger partial charge in [-0.3, -0.25) is 0 Å². The molecule has 3 nitrogen and oxygen atoms in total. The van der Waals surface area contributed by atoms with Gasteiger partial charge in [-0.25, -0.2) is 4.98 Å². The number of aromatic nitrogens is 1. The SMILES string of the molecule is Cc1occc1SCc1ncoc1C(C)C. The van der Waals surface area contributed by atoms with E-state index in [1.54, 1.807) is 18.0 Å². The number of rotatable bonds is 4. The molecule has 0 aliphatic rings. The lowest BCUT2D eigenvalue weighted by Gasteiger charge is -2.03. The van der Waals surface area contributed by atoms with E-state index in [2.05, 4.69) is 18.8 Å². The maximum absolute atomic E-state index is 5.38. The predicted molar refractivity (Wildman–Crippen MR) is 63.6 cm³/mol. The van der Waals surface area contributed by atoms with Crippen molar-refractivity contribution in [2.24, 2.45) is 0 Å². The van der Waals surface area contributed by atoms with Crippen molar-refractivity contribution in [3.05, 3.63) is 35.9 Å². The Hall–Kier alpha value is -1.16. The Morgan fingerprint density at radius 2 is 2.19 bits per heavy atom. The van der Waals surface area contributed by atoms with Crippen molar-refractivity contribution >= 4 is 11.8 Å². The van der Waals surface area contributed by atoms with Gasteiger partial charge in [-0.2, -0.15) is 0 Å². The van der Waals surface area contributed by atoms with E-state index in [1.807, 2.05) is 13.0 Å². The molecule has 0 bridgehead atoms. The summed E-state index contributed by atoms with van der Waals surface area (Å²) in [5.41, 5.74) is 1.03. The number of aryl methyl sites for hydroxylation is 1. The lowest BCUT2D eigenvalue weighted by molar-refractivity contribution is 0.480. The molecule has 0 aliphatic carbocycles. The van der Waals surface area contributed by atoms with Crippen molar-refractivity contribution in [2.45, 2.75) is 37.3 Å². The molecule has 0 unspecified atom stereocenters. The Morgan fingerprint density at radius 1 is 1.38 bits per heavy atom. The lowest BCUT2D eigenvalue weighted by Crippen LogP contribution is -1.91. The predicted octanol–water partition coefficient (Wildman–Crippen LogP) is 3.99. The molecule has 0 saturated heterocycles. The number of hydrogen-bond acceptors (Lipinski definition) is 4. The van der Waals surface area contributed by atoms with Gasteiger partial charge in [0, 0.05) is 16.6 Å². The van der Waals surface area contributed by atoms with Gasteiger partial charge in [0.25, 0.3) is 0 Å². The topological polar surface area (TPSA) is 39.2 Å². The van der Waals surface area contributed by atoms with E-state index in [9.17, 15) is 0 Å². The van der Waals surface area contributed by atoms with Crippen molar-refractivity contribution in [3.63, 3.8) is 0 Å². The molecule has 0 radical (unpaired) electrons. The quantitative estimate of drug-likeness (QED) is 0.754. The average molecular weight is 237 g/mol. The molecule has 0 aromatic carbocycles. The zero-order valence-corrected chi connectivity index (χ0v) is 10.5. The molecule has 2 aromatic rings. The Labute approximate surface area is 99.2 Å². The summed E-state index contributed by atoms with van der Waals surface area (Å²) in [5.74, 6) is 3.14. The third kappa shape index (κ3) is 2.32. The molecule has 0 atom stereocenters. The average Bonchev–Trinajstić information content (AvgIpc) is 2.83. The van der Waals surface area contributed by atoms with Crippen molar-refractivity contribution in [2.75, 3.05) is 0 Å². The fourth-order valence-corrected chi connectivity index (χ4v) is 2.44. The summed E-state index contributed by atoms with van der Waals surface area (Å²) in [4.78, 5) is 5.41. The van der Waals surface area contributed by atoms with Gasteiger partial charge in [-0.1, -0.05) is 13.8 Å². The van der Waals surface area contributed by atoms with Crippen LogP contribution in [0.3, 0.4) is 0 Å². The van der Waals surface area contributed by atoms with Gasteiger partial charge >= 0.3 is 0 Å². The van der Waals surface area contributed by atoms with Crippen molar-refractivity contribution in [1.82, 2.24) is 4.98 Å². The number of thioether (sulfide) groups is 1. The zero-order chi connectivity index (χ0) is 11.5. The normalized spacial score (nSPS) is 11.2. The van der Waals surface area contributed by atoms with Crippen LogP contribution < -0.4 is 0 Å². The molecule has 0 amide bonds. The third-order valence-corrected chi connectivity index (χ3v) is 3.52. The minimum absolute atomic E-state index is 0.378. The number of hydrogen-bond donors (Lipinski definition) is 0. The van der Waals surface area contributed by atoms with Gasteiger partial charge in [0.1, 0.15) is 11.5 Å². The van der Waals surface area contributed by atoms with Crippen LogP contribution >= 0.6 is 11.8 Å². The summed E-state index contributed by atoms with van der Waals surface area (Å²) in [5, 5.41) is 0. The Kier molecular flexibility index (Phi) is 3.39. The minimum atomic E-state index is 0.378. The molecule has 0 N–H and O–H groups in total. The van der Waals surface area contributed by atoms with E-state index in [0.29, 0.717) is 5.92 Å². The Balaban J connectivity index is 2.05. The molecule has 0 saturated carbocycles. The summed E-state index contributed by atoms with van der Waals surface area (Å²) in [7, 11) is 0. The number of oxazole rings is 1. The van der Waals surface area contributed by atoms with Gasteiger partial charge in [0.05, 0.1) is 12.0 Å². The third-order valence-electron chi connectivity index (χ3n) is 2.37. The maximum atomic E-state index is 5.38. The first-order valence-corrected chi connectivity index (χ1v) is 6.26. The number of furan rings is 1. The van der Waals surface area contributed by atoms with Crippen molar-refractivity contribution in [3.8, 4) is 0 Å². The van der Waals surface area contributed by atoms with Gasteiger partial charge < -0.3 is 8.83 Å². The van der Waals surface area contributed by atoms with E-state index in [1.165, 1.54) is 6.39 Å². The van der Waals surface area contributed by atoms with Crippen LogP contribution in [-0.2, 0) is 5.75 Å². The van der Waals surface area contributed by atoms with Crippen molar-refractivity contribution < 1.29 is 8.83 Å². The smallest absolute Gasteiger partial charge is 0.181 e. The molecule has 0 aliphatic heterocycles. The summed E-state index contributed by atoms with van der Waals surface area (Å²) in [6, 6.07) is 1.98. The first-order chi connectivity index (χ1) is 7.68. The summed E-state index contributed by atoms with van der Waals surface area (Å²) in [6.45, 7) is 6.18. The monoisotopic (exact) mass is 237 g/mol. The first-order valence-electron chi connectivity index (χ1n) is 5.27. The van der Waals surface area contributed by atoms with Crippen LogP contribution in [0.5, 0.6) is 0 Å². The second-order valence-corrected chi connectivity index (χ2v) is 4.96. The summed E-state index contributed by atoms with van der Waals surface area (Å²) >= 11 is 1.73. The highest BCUT2D eigenvalue weighted by Crippen LogP contribution is 2.29. The van der Waals surface area contributed by atoms with Crippen LogP contribution in [0.1, 0.15) is 37.0 Å².